The van der Waals surface area contributed by atoms with E-state index in [0.717, 1.165) is 6.42 Å². The number of esters is 1. The van der Waals surface area contributed by atoms with Crippen molar-refractivity contribution >= 4 is 18.0 Å². The molecule has 0 fully saturated rings. The minimum absolute atomic E-state index is 0.0951. The van der Waals surface area contributed by atoms with Crippen LogP contribution in [-0.4, -0.2) is 36.5 Å². The predicted octanol–water partition coefficient (Wildman–Crippen LogP) is 2.64. The Morgan fingerprint density at radius 1 is 1.29 bits per heavy atom. The van der Waals surface area contributed by atoms with Gasteiger partial charge in [0.25, 0.3) is 0 Å². The Morgan fingerprint density at radius 3 is 2.62 bits per heavy atom. The number of benzene rings is 1. The summed E-state index contributed by atoms with van der Waals surface area (Å²) in [4.78, 5) is 24.9. The molecule has 4 nitrogen and oxygen atoms in total. The van der Waals surface area contributed by atoms with Crippen LogP contribution in [0.1, 0.15) is 25.8 Å². The Hall–Kier alpha value is -2.17. The van der Waals surface area contributed by atoms with Crippen molar-refractivity contribution < 1.29 is 18.7 Å². The summed E-state index contributed by atoms with van der Waals surface area (Å²) in [6.07, 6.45) is 3.40. The molecule has 1 aromatic carbocycles. The molecule has 0 saturated carbocycles. The van der Waals surface area contributed by atoms with Crippen LogP contribution in [0.15, 0.2) is 30.3 Å². The molecule has 0 heterocycles. The van der Waals surface area contributed by atoms with Crippen LogP contribution in [0.3, 0.4) is 0 Å². The zero-order chi connectivity index (χ0) is 15.7. The molecule has 0 spiro atoms. The number of carbonyl (C=O) groups excluding carboxylic acids is 2. The lowest BCUT2D eigenvalue weighted by atomic mass is 10.2. The molecule has 0 atom stereocenters. The van der Waals surface area contributed by atoms with E-state index < -0.39 is 11.8 Å². The van der Waals surface area contributed by atoms with Crippen LogP contribution in [0.2, 0.25) is 0 Å². The Morgan fingerprint density at radius 2 is 2.00 bits per heavy atom. The number of carbonyl (C=O) groups is 2. The molecule has 0 aliphatic carbocycles. The smallest absolute Gasteiger partial charge is 0.325 e. The maximum atomic E-state index is 13.4. The van der Waals surface area contributed by atoms with Gasteiger partial charge in [0.15, 0.2) is 0 Å². The van der Waals surface area contributed by atoms with Crippen molar-refractivity contribution in [3.8, 4) is 0 Å². The van der Waals surface area contributed by atoms with E-state index in [2.05, 4.69) is 0 Å². The second-order valence-corrected chi connectivity index (χ2v) is 4.42. The summed E-state index contributed by atoms with van der Waals surface area (Å²) in [7, 11) is 0. The van der Waals surface area contributed by atoms with Gasteiger partial charge >= 0.3 is 5.97 Å². The zero-order valence-electron chi connectivity index (χ0n) is 12.3. The summed E-state index contributed by atoms with van der Waals surface area (Å²) < 4.78 is 18.3. The van der Waals surface area contributed by atoms with E-state index in [1.165, 1.54) is 23.1 Å². The van der Waals surface area contributed by atoms with E-state index in [1.807, 2.05) is 6.92 Å². The fourth-order valence-electron chi connectivity index (χ4n) is 1.78. The van der Waals surface area contributed by atoms with E-state index in [0.29, 0.717) is 12.1 Å². The monoisotopic (exact) mass is 293 g/mol. The highest BCUT2D eigenvalue weighted by atomic mass is 19.1. The Labute approximate surface area is 124 Å². The number of hydrogen-bond donors (Lipinski definition) is 0. The molecule has 0 unspecified atom stereocenters. The molecule has 0 saturated heterocycles. The van der Waals surface area contributed by atoms with E-state index in [-0.39, 0.29) is 19.1 Å². The van der Waals surface area contributed by atoms with Gasteiger partial charge in [-0.15, -0.1) is 0 Å². The van der Waals surface area contributed by atoms with Gasteiger partial charge in [0, 0.05) is 18.2 Å². The van der Waals surface area contributed by atoms with Crippen molar-refractivity contribution in [2.75, 3.05) is 19.7 Å². The van der Waals surface area contributed by atoms with Crippen molar-refractivity contribution in [2.24, 2.45) is 0 Å². The average molecular weight is 293 g/mol. The highest BCUT2D eigenvalue weighted by Crippen LogP contribution is 2.08. The Kier molecular flexibility index (Phi) is 7.15. The van der Waals surface area contributed by atoms with E-state index in [1.54, 1.807) is 25.1 Å². The minimum Gasteiger partial charge on any atom is -0.465 e. The number of hydrogen-bond acceptors (Lipinski definition) is 3. The highest BCUT2D eigenvalue weighted by molar-refractivity contribution is 5.93. The number of rotatable bonds is 7. The summed E-state index contributed by atoms with van der Waals surface area (Å²) in [6.45, 7) is 4.24. The van der Waals surface area contributed by atoms with E-state index in [9.17, 15) is 14.0 Å². The van der Waals surface area contributed by atoms with E-state index in [4.69, 9.17) is 4.74 Å². The third-order valence-electron chi connectivity index (χ3n) is 2.74. The Bertz CT molecular complexity index is 514. The average Bonchev–Trinajstić information content (AvgIpc) is 2.46. The van der Waals surface area contributed by atoms with Gasteiger partial charge < -0.3 is 9.64 Å². The van der Waals surface area contributed by atoms with Gasteiger partial charge in [-0.1, -0.05) is 25.1 Å². The van der Waals surface area contributed by atoms with Crippen LogP contribution >= 0.6 is 0 Å². The molecule has 0 N–H and O–H groups in total. The molecule has 5 heteroatoms. The molecule has 0 aromatic heterocycles. The van der Waals surface area contributed by atoms with Gasteiger partial charge in [0.05, 0.1) is 6.61 Å². The lowest BCUT2D eigenvalue weighted by Crippen LogP contribution is -2.36. The van der Waals surface area contributed by atoms with Gasteiger partial charge in [0.2, 0.25) is 5.91 Å². The lowest BCUT2D eigenvalue weighted by Gasteiger charge is -2.19. The van der Waals surface area contributed by atoms with Crippen LogP contribution in [0.25, 0.3) is 6.08 Å². The van der Waals surface area contributed by atoms with Crippen LogP contribution in [0.5, 0.6) is 0 Å². The van der Waals surface area contributed by atoms with Crippen molar-refractivity contribution in [3.63, 3.8) is 0 Å². The van der Waals surface area contributed by atoms with Crippen LogP contribution in [0.4, 0.5) is 4.39 Å². The van der Waals surface area contributed by atoms with Crippen LogP contribution < -0.4 is 0 Å². The van der Waals surface area contributed by atoms with Gasteiger partial charge in [-0.25, -0.2) is 4.39 Å². The first-order valence-electron chi connectivity index (χ1n) is 6.95. The molecular formula is C16H20FNO3. The third-order valence-corrected chi connectivity index (χ3v) is 2.74. The van der Waals surface area contributed by atoms with Crippen molar-refractivity contribution in [1.82, 2.24) is 4.90 Å². The molecule has 1 aromatic rings. The molecule has 0 aliphatic rings. The summed E-state index contributed by atoms with van der Waals surface area (Å²) in [5.74, 6) is -1.18. The molecule has 0 aliphatic heterocycles. The normalized spacial score (nSPS) is 10.6. The maximum Gasteiger partial charge on any atom is 0.325 e. The minimum atomic E-state index is -0.446. The second-order valence-electron chi connectivity index (χ2n) is 4.42. The summed E-state index contributed by atoms with van der Waals surface area (Å²) in [5, 5.41) is 0. The highest BCUT2D eigenvalue weighted by Gasteiger charge is 2.14. The van der Waals surface area contributed by atoms with Crippen LogP contribution in [0, 0.1) is 5.82 Å². The molecule has 21 heavy (non-hydrogen) atoms. The van der Waals surface area contributed by atoms with Crippen molar-refractivity contribution in [1.29, 1.82) is 0 Å². The number of halogens is 1. The quantitative estimate of drug-likeness (QED) is 0.573. The SMILES string of the molecule is CCCN(CC(=O)OCC)C(=O)/C=C/c1ccccc1F. The fourth-order valence-corrected chi connectivity index (χ4v) is 1.78. The van der Waals surface area contributed by atoms with Gasteiger partial charge in [-0.05, 0) is 25.5 Å². The zero-order valence-corrected chi connectivity index (χ0v) is 12.3. The van der Waals surface area contributed by atoms with Gasteiger partial charge in [0.1, 0.15) is 12.4 Å². The summed E-state index contributed by atoms with van der Waals surface area (Å²) >= 11 is 0. The molecule has 0 radical (unpaired) electrons. The topological polar surface area (TPSA) is 46.6 Å². The number of amides is 1. The summed E-state index contributed by atoms with van der Waals surface area (Å²) in [6, 6.07) is 6.18. The Balaban J connectivity index is 2.72. The second kappa shape index (κ2) is 8.89. The fraction of sp³-hybridized carbons (Fsp3) is 0.375. The maximum absolute atomic E-state index is 13.4. The largest absolute Gasteiger partial charge is 0.465 e. The standard InChI is InChI=1S/C16H20FNO3/c1-3-11-18(12-16(20)21-4-2)15(19)10-9-13-7-5-6-8-14(13)17/h5-10H,3-4,11-12H2,1-2H3/b10-9+. The van der Waals surface area contributed by atoms with Gasteiger partial charge in [-0.3, -0.25) is 9.59 Å². The van der Waals surface area contributed by atoms with E-state index >= 15 is 0 Å². The summed E-state index contributed by atoms with van der Waals surface area (Å²) in [5.41, 5.74) is 0.332. The van der Waals surface area contributed by atoms with Gasteiger partial charge in [-0.2, -0.15) is 0 Å². The first kappa shape index (κ1) is 16.9. The third kappa shape index (κ3) is 5.77. The number of ether oxygens (including phenoxy) is 1. The first-order valence-corrected chi connectivity index (χ1v) is 6.95. The van der Waals surface area contributed by atoms with Crippen molar-refractivity contribution in [3.05, 3.63) is 41.7 Å². The molecule has 1 rings (SSSR count). The lowest BCUT2D eigenvalue weighted by molar-refractivity contribution is -0.147. The van der Waals surface area contributed by atoms with Crippen molar-refractivity contribution in [2.45, 2.75) is 20.3 Å². The molecule has 114 valence electrons. The predicted molar refractivity (Wildman–Crippen MR) is 78.9 cm³/mol. The number of nitrogens with zero attached hydrogens (tertiary/aromatic N) is 1. The molecular weight excluding hydrogens is 273 g/mol. The molecule has 0 bridgehead atoms. The first-order chi connectivity index (χ1) is 10.1. The molecule has 1 amide bonds. The van der Waals surface area contributed by atoms with Crippen LogP contribution in [-0.2, 0) is 14.3 Å².